The molecular formula is C29H35N3O6. The Morgan fingerprint density at radius 2 is 1.61 bits per heavy atom. The molecule has 4 rings (SSSR count). The molecule has 2 aliphatic heterocycles. The van der Waals surface area contributed by atoms with E-state index in [4.69, 9.17) is 9.47 Å². The molecule has 2 heterocycles. The molecule has 2 N–H and O–H groups in total. The maximum Gasteiger partial charge on any atom is 0.329 e. The lowest BCUT2D eigenvalue weighted by Crippen LogP contribution is -2.55. The van der Waals surface area contributed by atoms with Crippen molar-refractivity contribution in [2.45, 2.75) is 70.6 Å². The second kappa shape index (κ2) is 12.7. The van der Waals surface area contributed by atoms with E-state index < -0.39 is 36.2 Å². The highest BCUT2D eigenvalue weighted by atomic mass is 16.6. The number of carbonyl (C=O) groups is 4. The quantitative estimate of drug-likeness (QED) is 0.346. The predicted octanol–water partition coefficient (Wildman–Crippen LogP) is 2.34. The summed E-state index contributed by atoms with van der Waals surface area (Å²) < 4.78 is 10.9. The van der Waals surface area contributed by atoms with Crippen molar-refractivity contribution < 1.29 is 28.7 Å². The number of nitrogens with zero attached hydrogens (tertiary/aromatic N) is 1. The lowest BCUT2D eigenvalue weighted by atomic mass is 9.97. The summed E-state index contributed by atoms with van der Waals surface area (Å²) in [5.41, 5.74) is 1.81. The third-order valence-electron chi connectivity index (χ3n) is 7.13. The van der Waals surface area contributed by atoms with Crippen molar-refractivity contribution in [1.82, 2.24) is 15.5 Å². The molecule has 5 atom stereocenters. The Balaban J connectivity index is 1.32. The number of carbonyl (C=O) groups excluding carboxylic acids is 4. The highest BCUT2D eigenvalue weighted by Crippen LogP contribution is 2.26. The molecule has 38 heavy (non-hydrogen) atoms. The van der Waals surface area contributed by atoms with E-state index in [2.05, 4.69) is 10.6 Å². The van der Waals surface area contributed by atoms with E-state index >= 15 is 0 Å². The SMILES string of the molecule is CC[C@H](C)[C@H](NC(=O)[C@H]1O[C@@H]1C(=O)NCc1ccccc1)C(=O)N1CCC[C@H]1C(=O)OCc1ccccc1. The van der Waals surface area contributed by atoms with Crippen LogP contribution in [0.1, 0.15) is 44.2 Å². The van der Waals surface area contributed by atoms with Gasteiger partial charge in [-0.05, 0) is 29.9 Å². The molecule has 2 aromatic rings. The molecule has 2 fully saturated rings. The van der Waals surface area contributed by atoms with Gasteiger partial charge in [0.25, 0.3) is 11.8 Å². The van der Waals surface area contributed by atoms with Crippen LogP contribution in [-0.4, -0.2) is 59.4 Å². The number of rotatable bonds is 11. The van der Waals surface area contributed by atoms with Gasteiger partial charge in [-0.25, -0.2) is 4.79 Å². The monoisotopic (exact) mass is 521 g/mol. The Morgan fingerprint density at radius 1 is 0.974 bits per heavy atom. The zero-order valence-corrected chi connectivity index (χ0v) is 21.8. The van der Waals surface area contributed by atoms with Crippen LogP contribution in [0.5, 0.6) is 0 Å². The second-order valence-corrected chi connectivity index (χ2v) is 9.84. The van der Waals surface area contributed by atoms with Gasteiger partial charge in [-0.1, -0.05) is 80.9 Å². The van der Waals surface area contributed by atoms with Gasteiger partial charge < -0.3 is 25.0 Å². The zero-order chi connectivity index (χ0) is 27.1. The average Bonchev–Trinajstić information content (AvgIpc) is 3.61. The molecule has 3 amide bonds. The summed E-state index contributed by atoms with van der Waals surface area (Å²) in [6, 6.07) is 17.3. The Labute approximate surface area is 222 Å². The van der Waals surface area contributed by atoms with Crippen molar-refractivity contribution in [2.75, 3.05) is 6.54 Å². The normalized spacial score (nSPS) is 21.7. The summed E-state index contributed by atoms with van der Waals surface area (Å²) in [5, 5.41) is 5.57. The number of esters is 1. The van der Waals surface area contributed by atoms with Crippen LogP contribution in [0.15, 0.2) is 60.7 Å². The molecule has 9 nitrogen and oxygen atoms in total. The standard InChI is InChI=1S/C29H35N3O6/c1-3-19(2)23(31-27(34)25-24(38-25)26(33)30-17-20-11-6-4-7-12-20)28(35)32-16-10-15-22(32)29(36)37-18-21-13-8-5-9-14-21/h4-9,11-14,19,22-25H,3,10,15-18H2,1-2H3,(H,30,33)(H,31,34)/t19-,22-,23-,24-,25-/m0/s1. The Bertz CT molecular complexity index is 1130. The van der Waals surface area contributed by atoms with Gasteiger partial charge in [0.05, 0.1) is 0 Å². The maximum atomic E-state index is 13.6. The molecule has 0 radical (unpaired) electrons. The Kier molecular flexibility index (Phi) is 9.12. The van der Waals surface area contributed by atoms with Crippen LogP contribution in [0.4, 0.5) is 0 Å². The molecule has 2 aromatic carbocycles. The van der Waals surface area contributed by atoms with Crippen molar-refractivity contribution in [2.24, 2.45) is 5.92 Å². The second-order valence-electron chi connectivity index (χ2n) is 9.84. The van der Waals surface area contributed by atoms with Crippen LogP contribution in [0.3, 0.4) is 0 Å². The fourth-order valence-corrected chi connectivity index (χ4v) is 4.59. The number of ether oxygens (including phenoxy) is 2. The summed E-state index contributed by atoms with van der Waals surface area (Å²) in [4.78, 5) is 53.3. The first-order chi connectivity index (χ1) is 18.4. The van der Waals surface area contributed by atoms with Crippen LogP contribution >= 0.6 is 0 Å². The minimum absolute atomic E-state index is 0.135. The van der Waals surface area contributed by atoms with E-state index in [0.29, 0.717) is 32.4 Å². The minimum atomic E-state index is -0.949. The smallest absolute Gasteiger partial charge is 0.329 e. The van der Waals surface area contributed by atoms with Gasteiger partial charge in [0.2, 0.25) is 5.91 Å². The zero-order valence-electron chi connectivity index (χ0n) is 21.8. The van der Waals surface area contributed by atoms with Gasteiger partial charge in [0.1, 0.15) is 18.7 Å². The minimum Gasteiger partial charge on any atom is -0.459 e. The van der Waals surface area contributed by atoms with Crippen LogP contribution in [0.2, 0.25) is 0 Å². The lowest BCUT2D eigenvalue weighted by molar-refractivity contribution is -0.155. The first-order valence-electron chi connectivity index (χ1n) is 13.2. The van der Waals surface area contributed by atoms with Crippen molar-refractivity contribution in [3.63, 3.8) is 0 Å². The topological polar surface area (TPSA) is 117 Å². The number of hydrogen-bond donors (Lipinski definition) is 2. The molecule has 0 aliphatic carbocycles. The largest absolute Gasteiger partial charge is 0.459 e. The van der Waals surface area contributed by atoms with Crippen molar-refractivity contribution >= 4 is 23.7 Å². The van der Waals surface area contributed by atoms with Crippen molar-refractivity contribution in [3.05, 3.63) is 71.8 Å². The summed E-state index contributed by atoms with van der Waals surface area (Å²) in [6.07, 6.45) is -0.0157. The van der Waals surface area contributed by atoms with E-state index in [1.807, 2.05) is 74.5 Å². The molecule has 0 aromatic heterocycles. The van der Waals surface area contributed by atoms with Crippen molar-refractivity contribution in [1.29, 1.82) is 0 Å². The molecule has 2 aliphatic rings. The van der Waals surface area contributed by atoms with Gasteiger partial charge >= 0.3 is 5.97 Å². The van der Waals surface area contributed by atoms with Crippen LogP contribution < -0.4 is 10.6 Å². The molecule has 0 spiro atoms. The van der Waals surface area contributed by atoms with Crippen LogP contribution in [0, 0.1) is 5.92 Å². The van der Waals surface area contributed by atoms with Crippen LogP contribution in [-0.2, 0) is 41.8 Å². The molecule has 0 saturated carbocycles. The van der Waals surface area contributed by atoms with Crippen molar-refractivity contribution in [3.8, 4) is 0 Å². The fourth-order valence-electron chi connectivity index (χ4n) is 4.59. The predicted molar refractivity (Wildman–Crippen MR) is 139 cm³/mol. The van der Waals surface area contributed by atoms with E-state index in [9.17, 15) is 19.2 Å². The van der Waals surface area contributed by atoms with E-state index in [1.165, 1.54) is 4.90 Å². The highest BCUT2D eigenvalue weighted by molar-refractivity contribution is 5.97. The number of hydrogen-bond acceptors (Lipinski definition) is 6. The summed E-state index contributed by atoms with van der Waals surface area (Å²) in [7, 11) is 0. The number of epoxide rings is 1. The number of benzene rings is 2. The number of likely N-dealkylation sites (tertiary alicyclic amines) is 1. The number of amides is 3. The highest BCUT2D eigenvalue weighted by Gasteiger charge is 2.51. The van der Waals surface area contributed by atoms with E-state index in [1.54, 1.807) is 0 Å². The maximum absolute atomic E-state index is 13.6. The molecule has 0 bridgehead atoms. The first kappa shape index (κ1) is 27.3. The number of nitrogens with one attached hydrogen (secondary N) is 2. The van der Waals surface area contributed by atoms with E-state index in [0.717, 1.165) is 11.1 Å². The first-order valence-corrected chi connectivity index (χ1v) is 13.2. The molecule has 202 valence electrons. The third kappa shape index (κ3) is 6.77. The summed E-state index contributed by atoms with van der Waals surface area (Å²) >= 11 is 0. The van der Waals surface area contributed by atoms with Crippen LogP contribution in [0.25, 0.3) is 0 Å². The third-order valence-corrected chi connectivity index (χ3v) is 7.13. The molecule has 2 saturated heterocycles. The summed E-state index contributed by atoms with van der Waals surface area (Å²) in [5.74, 6) is -1.84. The van der Waals surface area contributed by atoms with Gasteiger partial charge in [-0.3, -0.25) is 14.4 Å². The molecule has 0 unspecified atom stereocenters. The van der Waals surface area contributed by atoms with Gasteiger partial charge in [-0.2, -0.15) is 0 Å². The van der Waals surface area contributed by atoms with Gasteiger partial charge in [0.15, 0.2) is 12.2 Å². The lowest BCUT2D eigenvalue weighted by Gasteiger charge is -2.31. The summed E-state index contributed by atoms with van der Waals surface area (Å²) in [6.45, 7) is 4.69. The Morgan fingerprint density at radius 3 is 2.26 bits per heavy atom. The molecular weight excluding hydrogens is 486 g/mol. The molecule has 9 heteroatoms. The Hall–Kier alpha value is -3.72. The average molecular weight is 522 g/mol. The van der Waals surface area contributed by atoms with Gasteiger partial charge in [0, 0.05) is 13.1 Å². The van der Waals surface area contributed by atoms with Gasteiger partial charge in [-0.15, -0.1) is 0 Å². The van der Waals surface area contributed by atoms with E-state index in [-0.39, 0.29) is 24.3 Å². The fraction of sp³-hybridized carbons (Fsp3) is 0.448.